The fourth-order valence-corrected chi connectivity index (χ4v) is 3.11. The summed E-state index contributed by atoms with van der Waals surface area (Å²) in [6, 6.07) is 8.21. The molecule has 2 N–H and O–H groups in total. The van der Waals surface area contributed by atoms with E-state index in [0.717, 1.165) is 0 Å². The number of hydrogen-bond acceptors (Lipinski definition) is 5. The van der Waals surface area contributed by atoms with Crippen LogP contribution in [-0.4, -0.2) is 57.5 Å². The van der Waals surface area contributed by atoms with E-state index in [9.17, 15) is 19.5 Å². The number of ether oxygens (including phenoxy) is 1. The van der Waals surface area contributed by atoms with Crippen LogP contribution in [0, 0.1) is 5.92 Å². The van der Waals surface area contributed by atoms with Crippen molar-refractivity contribution in [1.29, 1.82) is 0 Å². The molecule has 0 saturated carbocycles. The Morgan fingerprint density at radius 3 is 2.82 bits per heavy atom. The smallest absolute Gasteiger partial charge is 0.358 e. The molecule has 1 atom stereocenters. The fourth-order valence-electron chi connectivity index (χ4n) is 3.11. The summed E-state index contributed by atoms with van der Waals surface area (Å²) in [7, 11) is 0. The molecular weight excluding hydrogens is 364 g/mol. The summed E-state index contributed by atoms with van der Waals surface area (Å²) in [4.78, 5) is 37.2. The lowest BCUT2D eigenvalue weighted by Gasteiger charge is -2.30. The van der Waals surface area contributed by atoms with Crippen LogP contribution in [0.4, 0.5) is 10.5 Å². The second-order valence-corrected chi connectivity index (χ2v) is 6.44. The van der Waals surface area contributed by atoms with E-state index in [1.54, 1.807) is 43.5 Å². The van der Waals surface area contributed by atoms with Gasteiger partial charge in [-0.2, -0.15) is 5.10 Å². The molecule has 0 bridgehead atoms. The quantitative estimate of drug-likeness (QED) is 0.763. The van der Waals surface area contributed by atoms with Crippen molar-refractivity contribution in [2.24, 2.45) is 5.92 Å². The van der Waals surface area contributed by atoms with Crippen LogP contribution in [0.3, 0.4) is 0 Å². The van der Waals surface area contributed by atoms with Crippen molar-refractivity contribution >= 4 is 23.7 Å². The number of para-hydroxylation sites is 2. The first-order chi connectivity index (χ1) is 13.5. The number of likely N-dealkylation sites (tertiary alicyclic amines) is 1. The van der Waals surface area contributed by atoms with Crippen molar-refractivity contribution in [3.05, 3.63) is 42.2 Å². The summed E-state index contributed by atoms with van der Waals surface area (Å²) in [6.45, 7) is 2.66. The van der Waals surface area contributed by atoms with Gasteiger partial charge in [-0.25, -0.2) is 14.3 Å². The summed E-state index contributed by atoms with van der Waals surface area (Å²) in [5.74, 6) is -1.95. The number of carboxylic acid groups (broad SMARTS) is 1. The number of aromatic nitrogens is 2. The molecule has 1 aliphatic rings. The minimum Gasteiger partial charge on any atom is -0.481 e. The van der Waals surface area contributed by atoms with Crippen LogP contribution < -0.4 is 5.32 Å². The first kappa shape index (κ1) is 19.4. The lowest BCUT2D eigenvalue weighted by molar-refractivity contribution is -0.143. The molecule has 9 heteroatoms. The van der Waals surface area contributed by atoms with E-state index >= 15 is 0 Å². The topological polar surface area (TPSA) is 114 Å². The van der Waals surface area contributed by atoms with Crippen LogP contribution in [0.2, 0.25) is 0 Å². The van der Waals surface area contributed by atoms with Gasteiger partial charge in [0.1, 0.15) is 0 Å². The lowest BCUT2D eigenvalue weighted by Crippen LogP contribution is -2.44. The molecule has 9 nitrogen and oxygen atoms in total. The van der Waals surface area contributed by atoms with Gasteiger partial charge in [-0.05, 0) is 38.0 Å². The molecular formula is C19H22N4O5. The number of rotatable bonds is 5. The van der Waals surface area contributed by atoms with Gasteiger partial charge in [-0.3, -0.25) is 4.79 Å². The van der Waals surface area contributed by atoms with Gasteiger partial charge >= 0.3 is 18.0 Å². The third-order valence-corrected chi connectivity index (χ3v) is 4.52. The highest BCUT2D eigenvalue weighted by atomic mass is 16.5. The summed E-state index contributed by atoms with van der Waals surface area (Å²) in [5, 5.41) is 16.2. The van der Waals surface area contributed by atoms with Crippen molar-refractivity contribution in [3.8, 4) is 5.69 Å². The standard InChI is InChI=1S/C19H22N4O5/c1-2-28-18(26)15-9-11-23(21-15)16-8-4-3-7-14(16)20-19(27)22-10-5-6-13(12-22)17(24)25/h3-4,7-9,11,13H,2,5-6,10,12H2,1H3,(H,20,27)(H,24,25). The fraction of sp³-hybridized carbons (Fsp3) is 0.368. The molecule has 1 aromatic carbocycles. The highest BCUT2D eigenvalue weighted by molar-refractivity contribution is 5.92. The molecule has 2 aromatic rings. The Kier molecular flexibility index (Phi) is 5.93. The van der Waals surface area contributed by atoms with Crippen molar-refractivity contribution in [3.63, 3.8) is 0 Å². The Hall–Kier alpha value is -3.36. The number of nitrogens with zero attached hydrogens (tertiary/aromatic N) is 3. The number of carbonyl (C=O) groups is 3. The maximum absolute atomic E-state index is 12.6. The molecule has 148 valence electrons. The number of benzene rings is 1. The Labute approximate surface area is 161 Å². The maximum Gasteiger partial charge on any atom is 0.358 e. The highest BCUT2D eigenvalue weighted by Gasteiger charge is 2.28. The molecule has 1 aromatic heterocycles. The average molecular weight is 386 g/mol. The predicted molar refractivity (Wildman–Crippen MR) is 100 cm³/mol. The maximum atomic E-state index is 12.6. The Balaban J connectivity index is 1.76. The number of aliphatic carboxylic acids is 1. The van der Waals surface area contributed by atoms with Crippen molar-refractivity contribution in [2.75, 3.05) is 25.0 Å². The van der Waals surface area contributed by atoms with E-state index in [2.05, 4.69) is 10.4 Å². The second-order valence-electron chi connectivity index (χ2n) is 6.44. The monoisotopic (exact) mass is 386 g/mol. The van der Waals surface area contributed by atoms with Crippen LogP contribution in [0.1, 0.15) is 30.3 Å². The summed E-state index contributed by atoms with van der Waals surface area (Å²) in [5.41, 5.74) is 1.25. The summed E-state index contributed by atoms with van der Waals surface area (Å²) >= 11 is 0. The Morgan fingerprint density at radius 1 is 1.29 bits per heavy atom. The third kappa shape index (κ3) is 4.30. The van der Waals surface area contributed by atoms with Crippen molar-refractivity contribution in [1.82, 2.24) is 14.7 Å². The lowest BCUT2D eigenvalue weighted by atomic mass is 9.99. The van der Waals surface area contributed by atoms with E-state index in [4.69, 9.17) is 4.74 Å². The van der Waals surface area contributed by atoms with Crippen LogP contribution in [0.5, 0.6) is 0 Å². The van der Waals surface area contributed by atoms with E-state index in [-0.39, 0.29) is 24.9 Å². The molecule has 1 aliphatic heterocycles. The minimum absolute atomic E-state index is 0.170. The molecule has 1 saturated heterocycles. The van der Waals surface area contributed by atoms with Crippen LogP contribution in [-0.2, 0) is 9.53 Å². The van der Waals surface area contributed by atoms with Gasteiger partial charge in [0.05, 0.1) is 23.9 Å². The van der Waals surface area contributed by atoms with Crippen LogP contribution >= 0.6 is 0 Å². The Morgan fingerprint density at radius 2 is 2.07 bits per heavy atom. The SMILES string of the molecule is CCOC(=O)c1ccn(-c2ccccc2NC(=O)N2CCCC(C(=O)O)C2)n1. The molecule has 3 rings (SSSR count). The predicted octanol–water partition coefficient (Wildman–Crippen LogP) is 2.38. The van der Waals surface area contributed by atoms with Gasteiger partial charge in [0.2, 0.25) is 0 Å². The minimum atomic E-state index is -0.888. The van der Waals surface area contributed by atoms with Crippen molar-refractivity contribution in [2.45, 2.75) is 19.8 Å². The van der Waals surface area contributed by atoms with Gasteiger partial charge in [0.15, 0.2) is 5.69 Å². The normalized spacial score (nSPS) is 16.5. The number of carboxylic acids is 1. The molecule has 2 amide bonds. The van der Waals surface area contributed by atoms with Crippen LogP contribution in [0.15, 0.2) is 36.5 Å². The number of amides is 2. The van der Waals surface area contributed by atoms with E-state index in [1.807, 2.05) is 0 Å². The highest BCUT2D eigenvalue weighted by Crippen LogP contribution is 2.22. The Bertz CT molecular complexity index is 879. The number of hydrogen-bond donors (Lipinski definition) is 2. The van der Waals surface area contributed by atoms with E-state index < -0.39 is 17.9 Å². The van der Waals surface area contributed by atoms with Gasteiger partial charge in [0.25, 0.3) is 0 Å². The molecule has 0 spiro atoms. The largest absolute Gasteiger partial charge is 0.481 e. The number of nitrogens with one attached hydrogen (secondary N) is 1. The number of esters is 1. The zero-order valence-electron chi connectivity index (χ0n) is 15.5. The summed E-state index contributed by atoms with van der Waals surface area (Å²) < 4.78 is 6.43. The number of urea groups is 1. The van der Waals surface area contributed by atoms with Gasteiger partial charge in [-0.15, -0.1) is 0 Å². The van der Waals surface area contributed by atoms with E-state index in [1.165, 1.54) is 9.58 Å². The molecule has 1 fully saturated rings. The van der Waals surface area contributed by atoms with E-state index in [0.29, 0.717) is 30.8 Å². The zero-order chi connectivity index (χ0) is 20.1. The molecule has 28 heavy (non-hydrogen) atoms. The average Bonchev–Trinajstić information content (AvgIpc) is 3.19. The van der Waals surface area contributed by atoms with Crippen LogP contribution in [0.25, 0.3) is 5.69 Å². The molecule has 1 unspecified atom stereocenters. The zero-order valence-corrected chi connectivity index (χ0v) is 15.5. The molecule has 0 radical (unpaired) electrons. The first-order valence-electron chi connectivity index (χ1n) is 9.10. The van der Waals surface area contributed by atoms with Crippen molar-refractivity contribution < 1.29 is 24.2 Å². The second kappa shape index (κ2) is 8.55. The van der Waals surface area contributed by atoms with Gasteiger partial charge < -0.3 is 20.1 Å². The third-order valence-electron chi connectivity index (χ3n) is 4.52. The molecule has 2 heterocycles. The van der Waals surface area contributed by atoms with Gasteiger partial charge in [0, 0.05) is 19.3 Å². The number of anilines is 1. The van der Waals surface area contributed by atoms with Gasteiger partial charge in [-0.1, -0.05) is 12.1 Å². The summed E-state index contributed by atoms with van der Waals surface area (Å²) in [6.07, 6.45) is 2.83. The first-order valence-corrected chi connectivity index (χ1v) is 9.10. The number of carbonyl (C=O) groups excluding carboxylic acids is 2. The molecule has 0 aliphatic carbocycles. The number of piperidine rings is 1.